The van der Waals surface area contributed by atoms with E-state index in [9.17, 15) is 14.7 Å². The molecule has 0 aliphatic carbocycles. The van der Waals surface area contributed by atoms with E-state index in [1.807, 2.05) is 13.8 Å². The van der Waals surface area contributed by atoms with Gasteiger partial charge in [-0.05, 0) is 62.4 Å². The minimum atomic E-state index is -0.896. The van der Waals surface area contributed by atoms with Crippen LogP contribution in [-0.4, -0.2) is 27.9 Å². The van der Waals surface area contributed by atoms with Gasteiger partial charge in [-0.1, -0.05) is 29.8 Å². The van der Waals surface area contributed by atoms with E-state index >= 15 is 0 Å². The Morgan fingerprint density at radius 2 is 1.81 bits per heavy atom. The van der Waals surface area contributed by atoms with Gasteiger partial charge in [0.1, 0.15) is 17.6 Å². The average Bonchev–Trinajstić information content (AvgIpc) is 3.05. The molecule has 1 aromatic heterocycles. The summed E-state index contributed by atoms with van der Waals surface area (Å²) in [5, 5.41) is 11.7. The van der Waals surface area contributed by atoms with Crippen molar-refractivity contribution in [1.82, 2.24) is 4.98 Å². The zero-order valence-electron chi connectivity index (χ0n) is 17.5. The van der Waals surface area contributed by atoms with Crippen LogP contribution in [-0.2, 0) is 9.59 Å². The molecule has 1 saturated heterocycles. The molecule has 6 nitrogen and oxygen atoms in total. The summed E-state index contributed by atoms with van der Waals surface area (Å²) < 4.78 is 5.71. The SMILES string of the molecule is CC(C)Oc1cccc(/C(O)=C2/C(=O)C(=O)N(c3ccc(Cl)cc3)C2c2ccccn2)c1. The van der Waals surface area contributed by atoms with Gasteiger partial charge in [0.15, 0.2) is 0 Å². The third kappa shape index (κ3) is 4.09. The fourth-order valence-corrected chi connectivity index (χ4v) is 3.79. The number of aromatic nitrogens is 1. The number of pyridine rings is 1. The number of carbonyl (C=O) groups is 2. The van der Waals surface area contributed by atoms with Crippen LogP contribution in [0.2, 0.25) is 5.02 Å². The first-order chi connectivity index (χ1) is 15.4. The molecule has 7 heteroatoms. The summed E-state index contributed by atoms with van der Waals surface area (Å²) in [6, 6.07) is 17.7. The van der Waals surface area contributed by atoms with E-state index in [1.54, 1.807) is 72.9 Å². The van der Waals surface area contributed by atoms with Crippen molar-refractivity contribution in [3.63, 3.8) is 0 Å². The van der Waals surface area contributed by atoms with E-state index in [4.69, 9.17) is 16.3 Å². The Morgan fingerprint density at radius 1 is 1.06 bits per heavy atom. The van der Waals surface area contributed by atoms with Crippen LogP contribution in [0.1, 0.15) is 31.1 Å². The highest BCUT2D eigenvalue weighted by Gasteiger charge is 2.47. The molecule has 0 radical (unpaired) electrons. The third-order valence-corrected chi connectivity index (χ3v) is 5.25. The predicted molar refractivity (Wildman–Crippen MR) is 123 cm³/mol. The van der Waals surface area contributed by atoms with Crippen LogP contribution in [0, 0.1) is 0 Å². The van der Waals surface area contributed by atoms with Crippen molar-refractivity contribution < 1.29 is 19.4 Å². The molecular formula is C25H21ClN2O4. The van der Waals surface area contributed by atoms with Crippen molar-refractivity contribution in [3.05, 3.63) is 94.8 Å². The quantitative estimate of drug-likeness (QED) is 0.332. The maximum absolute atomic E-state index is 13.1. The summed E-state index contributed by atoms with van der Waals surface area (Å²) in [5.74, 6) is -1.28. The van der Waals surface area contributed by atoms with Gasteiger partial charge in [0.05, 0.1) is 17.4 Å². The Morgan fingerprint density at radius 3 is 2.47 bits per heavy atom. The summed E-state index contributed by atoms with van der Waals surface area (Å²) in [5.41, 5.74) is 1.27. The first kappa shape index (κ1) is 21.6. The number of amides is 1. The minimum Gasteiger partial charge on any atom is -0.507 e. The van der Waals surface area contributed by atoms with Gasteiger partial charge in [0.25, 0.3) is 11.7 Å². The first-order valence-corrected chi connectivity index (χ1v) is 10.5. The Kier molecular flexibility index (Phi) is 5.97. The monoisotopic (exact) mass is 448 g/mol. The van der Waals surface area contributed by atoms with Crippen LogP contribution in [0.5, 0.6) is 5.75 Å². The minimum absolute atomic E-state index is 0.0367. The number of Topliss-reactive ketones (excluding diaryl/α,β-unsaturated/α-hetero) is 1. The van der Waals surface area contributed by atoms with E-state index < -0.39 is 17.7 Å². The molecule has 3 aromatic rings. The summed E-state index contributed by atoms with van der Waals surface area (Å²) >= 11 is 6.00. The number of anilines is 1. The van der Waals surface area contributed by atoms with E-state index in [-0.39, 0.29) is 17.4 Å². The number of nitrogens with zero attached hydrogens (tertiary/aromatic N) is 2. The molecule has 1 N–H and O–H groups in total. The molecule has 1 amide bonds. The van der Waals surface area contributed by atoms with Gasteiger partial charge in [-0.3, -0.25) is 19.5 Å². The maximum atomic E-state index is 13.1. The van der Waals surface area contributed by atoms with Crippen LogP contribution < -0.4 is 9.64 Å². The van der Waals surface area contributed by atoms with Crippen molar-refractivity contribution in [2.24, 2.45) is 0 Å². The molecule has 4 rings (SSSR count). The summed E-state index contributed by atoms with van der Waals surface area (Å²) in [6.07, 6.45) is 1.52. The van der Waals surface area contributed by atoms with Gasteiger partial charge in [-0.15, -0.1) is 0 Å². The molecule has 2 heterocycles. The molecule has 1 atom stereocenters. The number of rotatable bonds is 5. The van der Waals surface area contributed by atoms with Crippen LogP contribution >= 0.6 is 11.6 Å². The molecule has 1 aliphatic heterocycles. The second-order valence-corrected chi connectivity index (χ2v) is 8.03. The van der Waals surface area contributed by atoms with E-state index in [2.05, 4.69) is 4.98 Å². The lowest BCUT2D eigenvalue weighted by molar-refractivity contribution is -0.132. The number of aliphatic hydroxyl groups is 1. The molecule has 0 bridgehead atoms. The van der Waals surface area contributed by atoms with Gasteiger partial charge in [-0.25, -0.2) is 0 Å². The average molecular weight is 449 g/mol. The highest BCUT2D eigenvalue weighted by Crippen LogP contribution is 2.41. The summed E-state index contributed by atoms with van der Waals surface area (Å²) in [6.45, 7) is 3.79. The Balaban J connectivity index is 1.89. The fourth-order valence-electron chi connectivity index (χ4n) is 3.66. The van der Waals surface area contributed by atoms with Crippen molar-refractivity contribution in [2.45, 2.75) is 26.0 Å². The first-order valence-electron chi connectivity index (χ1n) is 10.1. The predicted octanol–water partition coefficient (Wildman–Crippen LogP) is 5.15. The summed E-state index contributed by atoms with van der Waals surface area (Å²) in [4.78, 5) is 31.9. The second-order valence-electron chi connectivity index (χ2n) is 7.59. The van der Waals surface area contributed by atoms with Crippen molar-refractivity contribution in [2.75, 3.05) is 4.90 Å². The van der Waals surface area contributed by atoms with Crippen LogP contribution in [0.4, 0.5) is 5.69 Å². The normalized spacial score (nSPS) is 17.8. The standard InChI is InChI=1S/C25H21ClN2O4/c1-15(2)32-19-7-5-6-16(14-19)23(29)21-22(20-8-3-4-13-27-20)28(25(31)24(21)30)18-11-9-17(26)10-12-18/h3-15,22,29H,1-2H3/b23-21-. The molecule has 2 aromatic carbocycles. The van der Waals surface area contributed by atoms with Crippen LogP contribution in [0.3, 0.4) is 0 Å². The largest absolute Gasteiger partial charge is 0.507 e. The van der Waals surface area contributed by atoms with Crippen molar-refractivity contribution in [1.29, 1.82) is 0 Å². The van der Waals surface area contributed by atoms with E-state index in [0.717, 1.165) is 0 Å². The molecular weight excluding hydrogens is 428 g/mol. The molecule has 32 heavy (non-hydrogen) atoms. The molecule has 1 fully saturated rings. The number of aliphatic hydroxyl groups excluding tert-OH is 1. The number of carbonyl (C=O) groups excluding carboxylic acids is 2. The number of ketones is 1. The topological polar surface area (TPSA) is 79.7 Å². The second kappa shape index (κ2) is 8.85. The zero-order valence-corrected chi connectivity index (χ0v) is 18.3. The molecule has 162 valence electrons. The van der Waals surface area contributed by atoms with Gasteiger partial charge in [0.2, 0.25) is 0 Å². The Labute approximate surface area is 190 Å². The van der Waals surface area contributed by atoms with E-state index in [1.165, 1.54) is 4.90 Å². The highest BCUT2D eigenvalue weighted by atomic mass is 35.5. The molecule has 1 aliphatic rings. The van der Waals surface area contributed by atoms with Gasteiger partial charge in [-0.2, -0.15) is 0 Å². The Bertz CT molecular complexity index is 1190. The molecule has 1 unspecified atom stereocenters. The Hall–Kier alpha value is -3.64. The smallest absolute Gasteiger partial charge is 0.300 e. The van der Waals surface area contributed by atoms with Gasteiger partial charge < -0.3 is 9.84 Å². The third-order valence-electron chi connectivity index (χ3n) is 5.00. The zero-order chi connectivity index (χ0) is 22.8. The fraction of sp³-hybridized carbons (Fsp3) is 0.160. The lowest BCUT2D eigenvalue weighted by Gasteiger charge is -2.24. The van der Waals surface area contributed by atoms with Crippen molar-refractivity contribution >= 4 is 34.7 Å². The maximum Gasteiger partial charge on any atom is 0.300 e. The number of hydrogen-bond donors (Lipinski definition) is 1. The number of ether oxygens (including phenoxy) is 1. The molecule has 0 spiro atoms. The number of hydrogen-bond acceptors (Lipinski definition) is 5. The van der Waals surface area contributed by atoms with Gasteiger partial charge in [0, 0.05) is 22.5 Å². The molecule has 0 saturated carbocycles. The van der Waals surface area contributed by atoms with Crippen LogP contribution in [0.15, 0.2) is 78.5 Å². The lowest BCUT2D eigenvalue weighted by Crippen LogP contribution is -2.29. The highest BCUT2D eigenvalue weighted by molar-refractivity contribution is 6.51. The summed E-state index contributed by atoms with van der Waals surface area (Å²) in [7, 11) is 0. The van der Waals surface area contributed by atoms with Crippen LogP contribution in [0.25, 0.3) is 5.76 Å². The van der Waals surface area contributed by atoms with Gasteiger partial charge >= 0.3 is 0 Å². The van der Waals surface area contributed by atoms with Crippen molar-refractivity contribution in [3.8, 4) is 5.75 Å². The number of benzene rings is 2. The van der Waals surface area contributed by atoms with E-state index in [0.29, 0.717) is 27.7 Å². The lowest BCUT2D eigenvalue weighted by atomic mass is 9.98. The number of halogens is 1.